The van der Waals surface area contributed by atoms with Crippen molar-refractivity contribution < 1.29 is 38.1 Å². The van der Waals surface area contributed by atoms with E-state index in [1.807, 2.05) is 0 Å². The standard InChI is InChI=1S/C28H24N2O8S/c1-5-37-27(34)25-14(2)29-28(39-25)30-21(15-8-6-10-17(12-15)35-3)20(23(32)26(30)33)22(31)19-13-16-9-7-11-18(36-4)24(16)38-19/h6-13,21,32H,5H2,1-4H3. The molecule has 1 atom stereocenters. The number of furan rings is 1. The maximum atomic E-state index is 13.9. The molecule has 0 spiro atoms. The number of para-hydroxylation sites is 1. The second kappa shape index (κ2) is 10.3. The molecule has 4 aromatic rings. The number of aromatic nitrogens is 1. The monoisotopic (exact) mass is 548 g/mol. The fourth-order valence-corrected chi connectivity index (χ4v) is 5.46. The third kappa shape index (κ3) is 4.40. The van der Waals surface area contributed by atoms with E-state index in [4.69, 9.17) is 18.6 Å². The molecule has 1 aliphatic rings. The van der Waals surface area contributed by atoms with Crippen LogP contribution in [0.5, 0.6) is 11.5 Å². The lowest BCUT2D eigenvalue weighted by Crippen LogP contribution is -2.31. The predicted molar refractivity (Wildman–Crippen MR) is 143 cm³/mol. The highest BCUT2D eigenvalue weighted by Gasteiger charge is 2.47. The van der Waals surface area contributed by atoms with E-state index in [-0.39, 0.29) is 27.9 Å². The summed E-state index contributed by atoms with van der Waals surface area (Å²) >= 11 is 0.936. The van der Waals surface area contributed by atoms with Gasteiger partial charge < -0.3 is 23.7 Å². The zero-order valence-electron chi connectivity index (χ0n) is 21.5. The van der Waals surface area contributed by atoms with Gasteiger partial charge in [0, 0.05) is 5.39 Å². The summed E-state index contributed by atoms with van der Waals surface area (Å²) in [7, 11) is 2.98. The molecule has 0 bridgehead atoms. The van der Waals surface area contributed by atoms with Crippen molar-refractivity contribution in [2.24, 2.45) is 0 Å². The Balaban J connectivity index is 1.65. The normalized spacial score (nSPS) is 15.2. The number of fused-ring (bicyclic) bond motifs is 1. The number of carbonyl (C=O) groups excluding carboxylic acids is 3. The van der Waals surface area contributed by atoms with Crippen molar-refractivity contribution in [3.8, 4) is 11.5 Å². The topological polar surface area (TPSA) is 128 Å². The molecular formula is C28H24N2O8S. The SMILES string of the molecule is CCOC(=O)c1sc(N2C(=O)C(O)=C(C(=O)c3cc4cccc(OC)c4o3)C2c2cccc(OC)c2)nc1C. The summed E-state index contributed by atoms with van der Waals surface area (Å²) in [6, 6.07) is 12.4. The molecule has 1 unspecified atom stereocenters. The van der Waals surface area contributed by atoms with Gasteiger partial charge in [-0.3, -0.25) is 14.5 Å². The van der Waals surface area contributed by atoms with Crippen LogP contribution >= 0.6 is 11.3 Å². The molecule has 11 heteroatoms. The Hall–Kier alpha value is -4.64. The first-order valence-corrected chi connectivity index (χ1v) is 12.8. The molecule has 1 aliphatic heterocycles. The van der Waals surface area contributed by atoms with E-state index in [9.17, 15) is 19.5 Å². The Morgan fingerprint density at radius 1 is 1.13 bits per heavy atom. The van der Waals surface area contributed by atoms with E-state index in [1.165, 1.54) is 25.2 Å². The Morgan fingerprint density at radius 3 is 2.62 bits per heavy atom. The number of rotatable bonds is 8. The van der Waals surface area contributed by atoms with E-state index in [1.54, 1.807) is 56.3 Å². The second-order valence-electron chi connectivity index (χ2n) is 8.57. The van der Waals surface area contributed by atoms with Crippen molar-refractivity contribution in [2.75, 3.05) is 25.7 Å². The molecule has 0 saturated carbocycles. The molecule has 5 rings (SSSR count). The van der Waals surface area contributed by atoms with Gasteiger partial charge in [-0.1, -0.05) is 35.6 Å². The first-order chi connectivity index (χ1) is 18.8. The van der Waals surface area contributed by atoms with Gasteiger partial charge in [-0.15, -0.1) is 0 Å². The van der Waals surface area contributed by atoms with E-state index >= 15 is 0 Å². The Bertz CT molecular complexity index is 1650. The minimum absolute atomic E-state index is 0.0823. The second-order valence-corrected chi connectivity index (χ2v) is 9.54. The molecule has 200 valence electrons. The molecule has 0 radical (unpaired) electrons. The lowest BCUT2D eigenvalue weighted by molar-refractivity contribution is -0.117. The van der Waals surface area contributed by atoms with Gasteiger partial charge in [0.1, 0.15) is 10.6 Å². The van der Waals surface area contributed by atoms with Crippen molar-refractivity contribution in [3.05, 3.63) is 81.8 Å². The fraction of sp³-hybridized carbons (Fsp3) is 0.214. The molecule has 1 N–H and O–H groups in total. The van der Waals surface area contributed by atoms with Crippen LogP contribution in [0.25, 0.3) is 11.0 Å². The van der Waals surface area contributed by atoms with Gasteiger partial charge in [-0.05, 0) is 43.7 Å². The van der Waals surface area contributed by atoms with E-state index in [0.717, 1.165) is 11.3 Å². The molecule has 39 heavy (non-hydrogen) atoms. The van der Waals surface area contributed by atoms with Crippen LogP contribution in [0.1, 0.15) is 44.4 Å². The van der Waals surface area contributed by atoms with Gasteiger partial charge in [-0.2, -0.15) is 0 Å². The third-order valence-electron chi connectivity index (χ3n) is 6.27. The number of ether oxygens (including phenoxy) is 3. The average molecular weight is 549 g/mol. The maximum absolute atomic E-state index is 13.9. The first kappa shape index (κ1) is 26.0. The van der Waals surface area contributed by atoms with Gasteiger partial charge in [0.25, 0.3) is 5.91 Å². The number of esters is 1. The quantitative estimate of drug-likeness (QED) is 0.234. The lowest BCUT2D eigenvalue weighted by Gasteiger charge is -2.24. The van der Waals surface area contributed by atoms with Gasteiger partial charge in [-0.25, -0.2) is 9.78 Å². The van der Waals surface area contributed by atoms with E-state index in [2.05, 4.69) is 4.98 Å². The molecule has 3 heterocycles. The molecule has 0 saturated heterocycles. The molecular weight excluding hydrogens is 524 g/mol. The highest BCUT2D eigenvalue weighted by Crippen LogP contribution is 2.45. The number of anilines is 1. The number of carbonyl (C=O) groups is 3. The zero-order valence-corrected chi connectivity index (χ0v) is 22.3. The molecule has 2 aromatic carbocycles. The van der Waals surface area contributed by atoms with Gasteiger partial charge in [0.05, 0.1) is 38.1 Å². The Kier molecular flexibility index (Phi) is 6.83. The number of methoxy groups -OCH3 is 2. The summed E-state index contributed by atoms with van der Waals surface area (Å²) in [5, 5.41) is 11.8. The summed E-state index contributed by atoms with van der Waals surface area (Å²) in [5.41, 5.74) is 0.998. The van der Waals surface area contributed by atoms with Crippen LogP contribution in [0.3, 0.4) is 0 Å². The van der Waals surface area contributed by atoms with Crippen LogP contribution in [0, 0.1) is 6.92 Å². The van der Waals surface area contributed by atoms with Crippen molar-refractivity contribution >= 4 is 45.1 Å². The lowest BCUT2D eigenvalue weighted by atomic mass is 9.95. The van der Waals surface area contributed by atoms with Crippen molar-refractivity contribution in [2.45, 2.75) is 19.9 Å². The number of nitrogens with zero attached hydrogens (tertiary/aromatic N) is 2. The number of aliphatic hydroxyl groups is 1. The minimum atomic E-state index is -1.09. The van der Waals surface area contributed by atoms with Crippen LogP contribution in [-0.2, 0) is 9.53 Å². The van der Waals surface area contributed by atoms with Crippen LogP contribution in [0.2, 0.25) is 0 Å². The van der Waals surface area contributed by atoms with Gasteiger partial charge >= 0.3 is 5.97 Å². The summed E-state index contributed by atoms with van der Waals surface area (Å²) in [4.78, 5) is 45.7. The fourth-order valence-electron chi connectivity index (χ4n) is 4.47. The van der Waals surface area contributed by atoms with E-state index < -0.39 is 29.5 Å². The maximum Gasteiger partial charge on any atom is 0.350 e. The number of Topliss-reactive ketones (excluding diaryl/α,β-unsaturated/α-hetero) is 1. The number of hydrogen-bond donors (Lipinski definition) is 1. The van der Waals surface area contributed by atoms with Crippen LogP contribution in [-0.4, -0.2) is 48.6 Å². The number of aryl methyl sites for hydroxylation is 1. The average Bonchev–Trinajstić information content (AvgIpc) is 3.62. The van der Waals surface area contributed by atoms with Gasteiger partial charge in [0.15, 0.2) is 28.0 Å². The molecule has 2 aromatic heterocycles. The van der Waals surface area contributed by atoms with E-state index in [0.29, 0.717) is 33.7 Å². The summed E-state index contributed by atoms with van der Waals surface area (Å²) in [5.74, 6) is -2.02. The number of hydrogen-bond acceptors (Lipinski definition) is 10. The van der Waals surface area contributed by atoms with Crippen molar-refractivity contribution in [1.29, 1.82) is 0 Å². The van der Waals surface area contributed by atoms with Crippen LogP contribution in [0.15, 0.2) is 64.3 Å². The zero-order chi connectivity index (χ0) is 27.8. The largest absolute Gasteiger partial charge is 0.503 e. The van der Waals surface area contributed by atoms with Crippen molar-refractivity contribution in [3.63, 3.8) is 0 Å². The summed E-state index contributed by atoms with van der Waals surface area (Å²) in [6.07, 6.45) is 0. The van der Waals surface area contributed by atoms with Crippen molar-refractivity contribution in [1.82, 2.24) is 4.98 Å². The number of aliphatic hydroxyl groups excluding tert-OH is 1. The molecule has 1 amide bonds. The molecule has 10 nitrogen and oxygen atoms in total. The Morgan fingerprint density at radius 2 is 1.90 bits per heavy atom. The molecule has 0 fully saturated rings. The summed E-state index contributed by atoms with van der Waals surface area (Å²) < 4.78 is 21.7. The number of thiazole rings is 1. The third-order valence-corrected chi connectivity index (χ3v) is 7.40. The highest BCUT2D eigenvalue weighted by atomic mass is 32.1. The first-order valence-electron chi connectivity index (χ1n) is 11.9. The Labute approximate surface area is 227 Å². The molecule has 0 aliphatic carbocycles. The minimum Gasteiger partial charge on any atom is -0.503 e. The van der Waals surface area contributed by atoms with Gasteiger partial charge in [0.2, 0.25) is 5.78 Å². The number of benzene rings is 2. The number of ketones is 1. The summed E-state index contributed by atoms with van der Waals surface area (Å²) in [6.45, 7) is 3.48. The predicted octanol–water partition coefficient (Wildman–Crippen LogP) is 5.17. The van der Waals surface area contributed by atoms with Crippen LogP contribution in [0.4, 0.5) is 5.13 Å². The number of amides is 1. The van der Waals surface area contributed by atoms with Crippen LogP contribution < -0.4 is 14.4 Å². The smallest absolute Gasteiger partial charge is 0.350 e. The highest BCUT2D eigenvalue weighted by molar-refractivity contribution is 7.17.